The number of halogens is 1. The van der Waals surface area contributed by atoms with Crippen molar-refractivity contribution in [2.24, 2.45) is 0 Å². The van der Waals surface area contributed by atoms with E-state index in [-0.39, 0.29) is 0 Å². The molecule has 3 heteroatoms. The maximum absolute atomic E-state index is 5.39. The summed E-state index contributed by atoms with van der Waals surface area (Å²) in [6.45, 7) is 0. The summed E-state index contributed by atoms with van der Waals surface area (Å²) in [7, 11) is 0. The number of rotatable bonds is 0. The van der Waals surface area contributed by atoms with Crippen LogP contribution in [-0.2, 0) is 12.8 Å². The van der Waals surface area contributed by atoms with Crippen molar-refractivity contribution in [3.05, 3.63) is 16.3 Å². The van der Waals surface area contributed by atoms with Gasteiger partial charge in [-0.15, -0.1) is 0 Å². The van der Waals surface area contributed by atoms with Crippen molar-refractivity contribution in [2.45, 2.75) is 32.1 Å². The van der Waals surface area contributed by atoms with E-state index in [0.29, 0.717) is 4.80 Å². The van der Waals surface area contributed by atoms with E-state index in [0.717, 1.165) is 24.3 Å². The molecule has 2 nitrogen and oxygen atoms in total. The molecule has 0 saturated heterocycles. The Morgan fingerprint density at radius 3 is 2.91 bits per heavy atom. The van der Waals surface area contributed by atoms with E-state index in [1.165, 1.54) is 19.3 Å². The molecule has 0 N–H and O–H groups in total. The number of oxazole rings is 1. The van der Waals surface area contributed by atoms with Crippen LogP contribution >= 0.6 is 15.9 Å². The molecule has 0 spiro atoms. The van der Waals surface area contributed by atoms with Crippen molar-refractivity contribution < 1.29 is 4.42 Å². The minimum Gasteiger partial charge on any atom is -0.436 e. The highest BCUT2D eigenvalue weighted by Gasteiger charge is 2.13. The van der Waals surface area contributed by atoms with Crippen LogP contribution in [0.4, 0.5) is 0 Å². The summed E-state index contributed by atoms with van der Waals surface area (Å²) in [5.74, 6) is 1.09. The summed E-state index contributed by atoms with van der Waals surface area (Å²) < 4.78 is 5.39. The molecule has 1 aliphatic rings. The Hall–Kier alpha value is -0.310. The van der Waals surface area contributed by atoms with Crippen molar-refractivity contribution in [1.29, 1.82) is 0 Å². The van der Waals surface area contributed by atoms with Gasteiger partial charge >= 0.3 is 0 Å². The van der Waals surface area contributed by atoms with E-state index < -0.39 is 0 Å². The van der Waals surface area contributed by atoms with Crippen molar-refractivity contribution in [3.63, 3.8) is 0 Å². The normalized spacial score (nSPS) is 17.5. The summed E-state index contributed by atoms with van der Waals surface area (Å²) in [6.07, 6.45) is 5.96. The van der Waals surface area contributed by atoms with Gasteiger partial charge in [-0.2, -0.15) is 0 Å². The fraction of sp³-hybridized carbons (Fsp3) is 0.625. The molecular weight excluding hydrogens is 206 g/mol. The van der Waals surface area contributed by atoms with Crippen LogP contribution in [0.15, 0.2) is 9.22 Å². The predicted molar refractivity (Wildman–Crippen MR) is 45.5 cm³/mol. The van der Waals surface area contributed by atoms with Crippen LogP contribution in [-0.4, -0.2) is 4.98 Å². The largest absolute Gasteiger partial charge is 0.436 e. The Balaban J connectivity index is 2.32. The first-order valence-electron chi connectivity index (χ1n) is 4.00. The lowest BCUT2D eigenvalue weighted by molar-refractivity contribution is 0.473. The van der Waals surface area contributed by atoms with Crippen LogP contribution in [0, 0.1) is 0 Å². The highest BCUT2D eigenvalue weighted by Crippen LogP contribution is 2.23. The van der Waals surface area contributed by atoms with E-state index in [4.69, 9.17) is 4.42 Å². The predicted octanol–water partition coefficient (Wildman–Crippen LogP) is 2.71. The maximum Gasteiger partial charge on any atom is 0.264 e. The molecule has 1 heterocycles. The highest BCUT2D eigenvalue weighted by molar-refractivity contribution is 9.10. The molecular formula is C8H10BrNO. The molecule has 0 aromatic carbocycles. The highest BCUT2D eigenvalue weighted by atomic mass is 79.9. The van der Waals surface area contributed by atoms with E-state index in [1.807, 2.05) is 0 Å². The topological polar surface area (TPSA) is 26.0 Å². The second kappa shape index (κ2) is 2.97. The third-order valence-corrected chi connectivity index (χ3v) is 2.41. The zero-order chi connectivity index (χ0) is 7.68. The maximum atomic E-state index is 5.39. The smallest absolute Gasteiger partial charge is 0.264 e. The standard InChI is InChI=1S/C8H10BrNO/c9-8-10-6-4-2-1-3-5-7(6)11-8/h1-5H2. The van der Waals surface area contributed by atoms with Gasteiger partial charge in [-0.05, 0) is 19.3 Å². The zero-order valence-electron chi connectivity index (χ0n) is 6.27. The van der Waals surface area contributed by atoms with E-state index >= 15 is 0 Å². The molecule has 0 unspecified atom stereocenters. The van der Waals surface area contributed by atoms with E-state index in [1.54, 1.807) is 0 Å². The van der Waals surface area contributed by atoms with Gasteiger partial charge in [0.25, 0.3) is 4.80 Å². The summed E-state index contributed by atoms with van der Waals surface area (Å²) >= 11 is 3.24. The van der Waals surface area contributed by atoms with Crippen LogP contribution in [0.1, 0.15) is 30.7 Å². The van der Waals surface area contributed by atoms with Crippen LogP contribution < -0.4 is 0 Å². The monoisotopic (exact) mass is 215 g/mol. The molecule has 0 atom stereocenters. The summed E-state index contributed by atoms with van der Waals surface area (Å²) in [5.41, 5.74) is 1.16. The molecule has 0 bridgehead atoms. The van der Waals surface area contributed by atoms with E-state index in [9.17, 15) is 0 Å². The minimum atomic E-state index is 0.643. The van der Waals surface area contributed by atoms with Gasteiger partial charge in [-0.3, -0.25) is 0 Å². The molecule has 1 aromatic rings. The van der Waals surface area contributed by atoms with Crippen molar-refractivity contribution >= 4 is 15.9 Å². The lowest BCUT2D eigenvalue weighted by Gasteiger charge is -1.89. The van der Waals surface area contributed by atoms with Crippen molar-refractivity contribution in [2.75, 3.05) is 0 Å². The Morgan fingerprint density at radius 1 is 1.18 bits per heavy atom. The summed E-state index contributed by atoms with van der Waals surface area (Å²) in [6, 6.07) is 0. The van der Waals surface area contributed by atoms with Gasteiger partial charge in [0.05, 0.1) is 5.69 Å². The number of aromatic nitrogens is 1. The van der Waals surface area contributed by atoms with Gasteiger partial charge < -0.3 is 4.42 Å². The number of aryl methyl sites for hydroxylation is 2. The quantitative estimate of drug-likeness (QED) is 0.623. The number of hydrogen-bond acceptors (Lipinski definition) is 2. The first-order chi connectivity index (χ1) is 5.36. The van der Waals surface area contributed by atoms with Crippen molar-refractivity contribution in [1.82, 2.24) is 4.98 Å². The molecule has 0 fully saturated rings. The van der Waals surface area contributed by atoms with Gasteiger partial charge in [0.2, 0.25) is 0 Å². The lowest BCUT2D eigenvalue weighted by atomic mass is 10.2. The Kier molecular flexibility index (Phi) is 1.98. The van der Waals surface area contributed by atoms with Crippen LogP contribution in [0.25, 0.3) is 0 Å². The van der Waals surface area contributed by atoms with Gasteiger partial charge in [0, 0.05) is 22.4 Å². The molecule has 1 aromatic heterocycles. The molecule has 1 aliphatic carbocycles. The van der Waals surface area contributed by atoms with Crippen LogP contribution in [0.5, 0.6) is 0 Å². The van der Waals surface area contributed by atoms with Crippen molar-refractivity contribution in [3.8, 4) is 0 Å². The Labute approximate surface area is 74.1 Å². The third-order valence-electron chi connectivity index (χ3n) is 2.07. The lowest BCUT2D eigenvalue weighted by Crippen LogP contribution is -1.85. The fourth-order valence-corrected chi connectivity index (χ4v) is 1.91. The Bertz CT molecular complexity index is 233. The van der Waals surface area contributed by atoms with Gasteiger partial charge in [0.1, 0.15) is 5.76 Å². The van der Waals surface area contributed by atoms with E-state index in [2.05, 4.69) is 20.9 Å². The number of fused-ring (bicyclic) bond motifs is 1. The second-order valence-electron chi connectivity index (χ2n) is 2.90. The first kappa shape index (κ1) is 7.35. The van der Waals surface area contributed by atoms with Gasteiger partial charge in [-0.25, -0.2) is 4.98 Å². The summed E-state index contributed by atoms with van der Waals surface area (Å²) in [5, 5.41) is 0. The molecule has 60 valence electrons. The van der Waals surface area contributed by atoms with Crippen LogP contribution in [0.2, 0.25) is 0 Å². The summed E-state index contributed by atoms with van der Waals surface area (Å²) in [4.78, 5) is 4.90. The van der Waals surface area contributed by atoms with Gasteiger partial charge in [-0.1, -0.05) is 6.42 Å². The first-order valence-corrected chi connectivity index (χ1v) is 4.79. The Morgan fingerprint density at radius 2 is 2.00 bits per heavy atom. The molecule has 0 saturated carbocycles. The average Bonchev–Trinajstić information content (AvgIpc) is 2.17. The number of nitrogens with zero attached hydrogens (tertiary/aromatic N) is 1. The molecule has 0 aliphatic heterocycles. The van der Waals surface area contributed by atoms with Gasteiger partial charge in [0.15, 0.2) is 0 Å². The minimum absolute atomic E-state index is 0.643. The molecule has 0 radical (unpaired) electrons. The molecule has 0 amide bonds. The van der Waals surface area contributed by atoms with Crippen LogP contribution in [0.3, 0.4) is 0 Å². The second-order valence-corrected chi connectivity index (χ2v) is 3.58. The average molecular weight is 216 g/mol. The fourth-order valence-electron chi connectivity index (χ4n) is 1.50. The third kappa shape index (κ3) is 1.48. The molecule has 2 rings (SSSR count). The zero-order valence-corrected chi connectivity index (χ0v) is 7.85. The molecule has 11 heavy (non-hydrogen) atoms. The number of hydrogen-bond donors (Lipinski definition) is 0. The SMILES string of the molecule is Brc1nc2c(o1)CCCCC2.